The summed E-state index contributed by atoms with van der Waals surface area (Å²) in [5, 5.41) is 12.9. The number of piperidine rings is 1. The number of nitrogens with one attached hydrogen (secondary N) is 1. The zero-order valence-corrected chi connectivity index (χ0v) is 16.6. The molecule has 4 rings (SSSR count). The number of methoxy groups -OCH3 is 1. The van der Waals surface area contributed by atoms with Crippen molar-refractivity contribution in [1.29, 1.82) is 0 Å². The summed E-state index contributed by atoms with van der Waals surface area (Å²) in [5.74, 6) is 1.15. The van der Waals surface area contributed by atoms with E-state index in [0.29, 0.717) is 11.9 Å². The van der Waals surface area contributed by atoms with Gasteiger partial charge in [0.05, 0.1) is 23.5 Å². The van der Waals surface area contributed by atoms with Gasteiger partial charge in [-0.15, -0.1) is 0 Å². The van der Waals surface area contributed by atoms with Gasteiger partial charge in [0.1, 0.15) is 0 Å². The van der Waals surface area contributed by atoms with Crippen LogP contribution in [-0.4, -0.2) is 67.8 Å². The summed E-state index contributed by atoms with van der Waals surface area (Å²) < 4.78 is 8.95. The molecule has 1 atom stereocenters. The summed E-state index contributed by atoms with van der Waals surface area (Å²) >= 11 is 0. The second kappa shape index (κ2) is 8.66. The first kappa shape index (κ1) is 18.8. The molecular formula is C19H28N8O. The standard InChI is InChI=1S/C19H28N8O/c1-25-14-17(11-21-25)23-19-20-9-16-10-22-27(18(16)24-19)13-15-5-3-6-26(12-15)7-4-8-28-2/h9-11,14-15H,3-8,12-13H2,1-2H3,(H,20,23,24). The lowest BCUT2D eigenvalue weighted by Crippen LogP contribution is -2.38. The summed E-state index contributed by atoms with van der Waals surface area (Å²) in [4.78, 5) is 11.6. The van der Waals surface area contributed by atoms with Crippen molar-refractivity contribution >= 4 is 22.7 Å². The molecule has 0 amide bonds. The van der Waals surface area contributed by atoms with Gasteiger partial charge in [0.2, 0.25) is 5.95 Å². The molecule has 3 aromatic heterocycles. The summed E-state index contributed by atoms with van der Waals surface area (Å²) in [6.07, 6.45) is 10.9. The van der Waals surface area contributed by atoms with Crippen LogP contribution in [0.5, 0.6) is 0 Å². The van der Waals surface area contributed by atoms with Gasteiger partial charge >= 0.3 is 0 Å². The van der Waals surface area contributed by atoms with Gasteiger partial charge in [0.15, 0.2) is 5.65 Å². The van der Waals surface area contributed by atoms with Crippen molar-refractivity contribution < 1.29 is 4.74 Å². The van der Waals surface area contributed by atoms with E-state index in [9.17, 15) is 0 Å². The molecule has 1 aliphatic heterocycles. The molecule has 9 heteroatoms. The Morgan fingerprint density at radius 3 is 3.00 bits per heavy atom. The van der Waals surface area contributed by atoms with Crippen molar-refractivity contribution in [3.05, 3.63) is 24.8 Å². The number of aromatic nitrogens is 6. The smallest absolute Gasteiger partial charge is 0.229 e. The summed E-state index contributed by atoms with van der Waals surface area (Å²) in [7, 11) is 3.65. The molecule has 1 N–H and O–H groups in total. The molecule has 0 radical (unpaired) electrons. The molecule has 4 heterocycles. The SMILES string of the molecule is COCCCN1CCCC(Cn2ncc3cnc(Nc4cnn(C)c4)nc32)C1. The fraction of sp³-hybridized carbons (Fsp3) is 0.579. The monoisotopic (exact) mass is 384 g/mol. The maximum atomic E-state index is 5.18. The first-order valence-corrected chi connectivity index (χ1v) is 9.87. The van der Waals surface area contributed by atoms with Gasteiger partial charge in [-0.3, -0.25) is 4.68 Å². The average Bonchev–Trinajstić information content (AvgIpc) is 3.28. The number of aryl methyl sites for hydroxylation is 1. The molecule has 28 heavy (non-hydrogen) atoms. The lowest BCUT2D eigenvalue weighted by molar-refractivity contribution is 0.134. The zero-order chi connectivity index (χ0) is 19.3. The van der Waals surface area contributed by atoms with Crippen LogP contribution in [0.1, 0.15) is 19.3 Å². The highest BCUT2D eigenvalue weighted by Gasteiger charge is 2.21. The third-order valence-corrected chi connectivity index (χ3v) is 5.19. The molecule has 3 aromatic rings. The normalized spacial score (nSPS) is 18.0. The van der Waals surface area contributed by atoms with Crippen LogP contribution in [0, 0.1) is 5.92 Å². The minimum absolute atomic E-state index is 0.562. The molecule has 0 aromatic carbocycles. The lowest BCUT2D eigenvalue weighted by atomic mass is 9.98. The Morgan fingerprint density at radius 2 is 2.18 bits per heavy atom. The highest BCUT2D eigenvalue weighted by molar-refractivity contribution is 5.75. The van der Waals surface area contributed by atoms with E-state index < -0.39 is 0 Å². The van der Waals surface area contributed by atoms with Crippen molar-refractivity contribution in [3.63, 3.8) is 0 Å². The maximum absolute atomic E-state index is 5.18. The molecule has 0 bridgehead atoms. The highest BCUT2D eigenvalue weighted by Crippen LogP contribution is 2.21. The van der Waals surface area contributed by atoms with Crippen LogP contribution in [0.4, 0.5) is 11.6 Å². The molecule has 150 valence electrons. The van der Waals surface area contributed by atoms with Crippen LogP contribution >= 0.6 is 0 Å². The summed E-state index contributed by atoms with van der Waals surface area (Å²) in [5.41, 5.74) is 1.74. The minimum Gasteiger partial charge on any atom is -0.385 e. The molecular weight excluding hydrogens is 356 g/mol. The number of ether oxygens (including phenoxy) is 1. The number of fused-ring (bicyclic) bond motifs is 1. The third-order valence-electron chi connectivity index (χ3n) is 5.19. The van der Waals surface area contributed by atoms with E-state index >= 15 is 0 Å². The van der Waals surface area contributed by atoms with Gasteiger partial charge in [-0.05, 0) is 31.7 Å². The van der Waals surface area contributed by atoms with Crippen LogP contribution in [-0.2, 0) is 18.3 Å². The largest absolute Gasteiger partial charge is 0.385 e. The van der Waals surface area contributed by atoms with Crippen molar-refractivity contribution in [2.45, 2.75) is 25.8 Å². The lowest BCUT2D eigenvalue weighted by Gasteiger charge is -2.32. The second-order valence-corrected chi connectivity index (χ2v) is 7.48. The molecule has 1 aliphatic rings. The van der Waals surface area contributed by atoms with Gasteiger partial charge in [-0.1, -0.05) is 0 Å². The molecule has 0 spiro atoms. The summed E-state index contributed by atoms with van der Waals surface area (Å²) in [6, 6.07) is 0. The predicted octanol–water partition coefficient (Wildman–Crippen LogP) is 2.05. The summed E-state index contributed by atoms with van der Waals surface area (Å²) in [6.45, 7) is 5.10. The predicted molar refractivity (Wildman–Crippen MR) is 107 cm³/mol. The van der Waals surface area contributed by atoms with E-state index in [1.165, 1.54) is 19.4 Å². The Bertz CT molecular complexity index is 904. The number of hydrogen-bond acceptors (Lipinski definition) is 7. The first-order valence-electron chi connectivity index (χ1n) is 9.87. The number of likely N-dealkylation sites (tertiary alicyclic amines) is 1. The van der Waals surface area contributed by atoms with E-state index in [0.717, 1.165) is 49.4 Å². The molecule has 1 saturated heterocycles. The van der Waals surface area contributed by atoms with Gasteiger partial charge in [0.25, 0.3) is 0 Å². The van der Waals surface area contributed by atoms with Gasteiger partial charge < -0.3 is 15.0 Å². The topological polar surface area (TPSA) is 85.9 Å². The number of anilines is 2. The quantitative estimate of drug-likeness (QED) is 0.595. The van der Waals surface area contributed by atoms with Crippen molar-refractivity contribution in [2.24, 2.45) is 13.0 Å². The number of rotatable bonds is 8. The Labute approximate surface area is 164 Å². The van der Waals surface area contributed by atoms with Crippen LogP contribution in [0.25, 0.3) is 11.0 Å². The van der Waals surface area contributed by atoms with Crippen LogP contribution in [0.15, 0.2) is 24.8 Å². The Hall–Kier alpha value is -2.52. The Morgan fingerprint density at radius 1 is 1.25 bits per heavy atom. The number of hydrogen-bond donors (Lipinski definition) is 1. The van der Waals surface area contributed by atoms with E-state index in [2.05, 4.69) is 25.4 Å². The molecule has 9 nitrogen and oxygen atoms in total. The van der Waals surface area contributed by atoms with Gasteiger partial charge in [0, 0.05) is 52.8 Å². The highest BCUT2D eigenvalue weighted by atomic mass is 16.5. The van der Waals surface area contributed by atoms with E-state index in [1.807, 2.05) is 30.3 Å². The van der Waals surface area contributed by atoms with Crippen molar-refractivity contribution in [1.82, 2.24) is 34.4 Å². The van der Waals surface area contributed by atoms with Crippen LogP contribution in [0.2, 0.25) is 0 Å². The molecule has 1 unspecified atom stereocenters. The average molecular weight is 384 g/mol. The van der Waals surface area contributed by atoms with Crippen LogP contribution < -0.4 is 5.32 Å². The van der Waals surface area contributed by atoms with E-state index in [1.54, 1.807) is 18.0 Å². The van der Waals surface area contributed by atoms with Crippen molar-refractivity contribution in [3.8, 4) is 0 Å². The zero-order valence-electron chi connectivity index (χ0n) is 16.6. The maximum Gasteiger partial charge on any atom is 0.229 e. The Kier molecular flexibility index (Phi) is 5.82. The van der Waals surface area contributed by atoms with Crippen molar-refractivity contribution in [2.75, 3.05) is 38.7 Å². The van der Waals surface area contributed by atoms with E-state index in [-0.39, 0.29) is 0 Å². The molecule has 0 aliphatic carbocycles. The minimum atomic E-state index is 0.562. The second-order valence-electron chi connectivity index (χ2n) is 7.48. The van der Waals surface area contributed by atoms with Gasteiger partial charge in [-0.25, -0.2) is 9.67 Å². The third kappa shape index (κ3) is 4.48. The van der Waals surface area contributed by atoms with E-state index in [4.69, 9.17) is 9.72 Å². The first-order chi connectivity index (χ1) is 13.7. The number of nitrogens with zero attached hydrogens (tertiary/aromatic N) is 7. The molecule has 1 fully saturated rings. The molecule has 0 saturated carbocycles. The fourth-order valence-corrected chi connectivity index (χ4v) is 3.86. The fourth-order valence-electron chi connectivity index (χ4n) is 3.86. The van der Waals surface area contributed by atoms with Crippen LogP contribution in [0.3, 0.4) is 0 Å². The Balaban J connectivity index is 1.44. The van der Waals surface area contributed by atoms with Gasteiger partial charge in [-0.2, -0.15) is 15.2 Å².